The molecule has 1 N–H and O–H groups in total. The topological polar surface area (TPSA) is 52.7 Å². The van der Waals surface area contributed by atoms with E-state index in [0.29, 0.717) is 13.1 Å². The Labute approximate surface area is 121 Å². The summed E-state index contributed by atoms with van der Waals surface area (Å²) in [5.74, 6) is 0.279. The molecule has 0 bridgehead atoms. The van der Waals surface area contributed by atoms with E-state index in [-0.39, 0.29) is 23.4 Å². The molecule has 2 aliphatic rings. The zero-order valence-corrected chi connectivity index (χ0v) is 12.9. The van der Waals surface area contributed by atoms with Gasteiger partial charge in [0.1, 0.15) is 0 Å². The van der Waals surface area contributed by atoms with Crippen LogP contribution in [-0.4, -0.2) is 54.0 Å². The second kappa shape index (κ2) is 6.02. The zero-order chi connectivity index (χ0) is 14.8. The number of amides is 3. The quantitative estimate of drug-likeness (QED) is 0.858. The Kier molecular flexibility index (Phi) is 4.55. The number of carbonyl (C=O) groups excluding carboxylic acids is 2. The molecule has 1 atom stereocenters. The van der Waals surface area contributed by atoms with E-state index < -0.39 is 0 Å². The van der Waals surface area contributed by atoms with Crippen molar-refractivity contribution in [1.82, 2.24) is 15.1 Å². The van der Waals surface area contributed by atoms with E-state index in [1.807, 2.05) is 23.6 Å². The van der Waals surface area contributed by atoms with Gasteiger partial charge in [0.25, 0.3) is 0 Å². The lowest BCUT2D eigenvalue weighted by atomic mass is 10.1. The van der Waals surface area contributed by atoms with E-state index >= 15 is 0 Å². The lowest BCUT2D eigenvalue weighted by molar-refractivity contribution is -0.136. The van der Waals surface area contributed by atoms with Crippen LogP contribution in [0.4, 0.5) is 4.79 Å². The summed E-state index contributed by atoms with van der Waals surface area (Å²) < 4.78 is 0. The van der Waals surface area contributed by atoms with E-state index in [1.54, 1.807) is 0 Å². The molecule has 1 unspecified atom stereocenters. The van der Waals surface area contributed by atoms with Gasteiger partial charge in [-0.25, -0.2) is 4.79 Å². The number of carbonyl (C=O) groups is 2. The molecule has 1 aliphatic heterocycles. The van der Waals surface area contributed by atoms with Crippen LogP contribution >= 0.6 is 0 Å². The Morgan fingerprint density at radius 3 is 2.35 bits per heavy atom. The average molecular weight is 281 g/mol. The van der Waals surface area contributed by atoms with Crippen molar-refractivity contribution >= 4 is 11.9 Å². The van der Waals surface area contributed by atoms with Crippen molar-refractivity contribution in [3.05, 3.63) is 0 Å². The fourth-order valence-corrected chi connectivity index (χ4v) is 2.51. The van der Waals surface area contributed by atoms with E-state index in [9.17, 15) is 9.59 Å². The van der Waals surface area contributed by atoms with Gasteiger partial charge < -0.3 is 15.1 Å². The van der Waals surface area contributed by atoms with Gasteiger partial charge in [-0.2, -0.15) is 0 Å². The molecule has 5 nitrogen and oxygen atoms in total. The van der Waals surface area contributed by atoms with E-state index in [4.69, 9.17) is 0 Å². The zero-order valence-electron chi connectivity index (χ0n) is 12.9. The lowest BCUT2D eigenvalue weighted by Gasteiger charge is -2.25. The maximum absolute atomic E-state index is 12.3. The highest BCUT2D eigenvalue weighted by atomic mass is 16.2. The van der Waals surface area contributed by atoms with Crippen molar-refractivity contribution in [2.24, 2.45) is 5.41 Å². The van der Waals surface area contributed by atoms with Gasteiger partial charge in [0.15, 0.2) is 0 Å². The summed E-state index contributed by atoms with van der Waals surface area (Å²) in [6, 6.07) is 0.208. The van der Waals surface area contributed by atoms with Gasteiger partial charge in [-0.3, -0.25) is 4.79 Å². The fourth-order valence-electron chi connectivity index (χ4n) is 2.51. The molecule has 1 heterocycles. The molecule has 5 heteroatoms. The first-order valence-electron chi connectivity index (χ1n) is 7.81. The Bertz CT molecular complexity index is 379. The Morgan fingerprint density at radius 2 is 1.75 bits per heavy atom. The predicted octanol–water partition coefficient (Wildman–Crippen LogP) is 1.83. The molecule has 1 saturated heterocycles. The number of hydrogen-bond donors (Lipinski definition) is 1. The summed E-state index contributed by atoms with van der Waals surface area (Å²) in [5.41, 5.74) is -0.103. The van der Waals surface area contributed by atoms with Gasteiger partial charge in [-0.1, -0.05) is 13.8 Å². The molecular formula is C15H27N3O2. The second-order valence-electron chi connectivity index (χ2n) is 6.45. The molecule has 0 aromatic heterocycles. The fraction of sp³-hybridized carbons (Fsp3) is 0.867. The number of nitrogens with zero attached hydrogens (tertiary/aromatic N) is 2. The minimum Gasteiger partial charge on any atom is -0.340 e. The summed E-state index contributed by atoms with van der Waals surface area (Å²) in [5, 5.41) is 3.00. The highest BCUT2D eigenvalue weighted by Crippen LogP contribution is 2.46. The largest absolute Gasteiger partial charge is 0.340 e. The molecule has 2 rings (SSSR count). The van der Waals surface area contributed by atoms with Gasteiger partial charge in [0, 0.05) is 37.6 Å². The summed E-state index contributed by atoms with van der Waals surface area (Å²) in [7, 11) is 0. The molecule has 3 amide bonds. The number of urea groups is 1. The molecule has 0 aromatic carbocycles. The normalized spacial score (nSPS) is 22.9. The summed E-state index contributed by atoms with van der Waals surface area (Å²) >= 11 is 0. The van der Waals surface area contributed by atoms with Crippen molar-refractivity contribution in [3.63, 3.8) is 0 Å². The lowest BCUT2D eigenvalue weighted by Crippen LogP contribution is -2.45. The number of rotatable bonds is 3. The third-order valence-electron chi connectivity index (χ3n) is 4.57. The van der Waals surface area contributed by atoms with Gasteiger partial charge in [0.05, 0.1) is 0 Å². The summed E-state index contributed by atoms with van der Waals surface area (Å²) in [4.78, 5) is 28.2. The van der Waals surface area contributed by atoms with Crippen LogP contribution in [0.25, 0.3) is 0 Å². The molecular weight excluding hydrogens is 254 g/mol. The van der Waals surface area contributed by atoms with Crippen LogP contribution in [0.2, 0.25) is 0 Å². The highest BCUT2D eigenvalue weighted by Gasteiger charge is 2.47. The highest BCUT2D eigenvalue weighted by molar-refractivity contribution is 5.85. The smallest absolute Gasteiger partial charge is 0.317 e. The van der Waals surface area contributed by atoms with Crippen LogP contribution in [0, 0.1) is 5.41 Å². The van der Waals surface area contributed by atoms with Crippen molar-refractivity contribution in [2.75, 3.05) is 26.2 Å². The minimum atomic E-state index is -0.103. The standard InChI is InChI=1S/C15H27N3O2/c1-4-12(2)16-14(20)18-9-5-8-17(10-11-18)13(19)15(3)6-7-15/h12H,4-11H2,1-3H3,(H,16,20). The average Bonchev–Trinajstić information content (AvgIpc) is 3.21. The van der Waals surface area contributed by atoms with Crippen molar-refractivity contribution < 1.29 is 9.59 Å². The first kappa shape index (κ1) is 15.1. The maximum atomic E-state index is 12.3. The van der Waals surface area contributed by atoms with Crippen molar-refractivity contribution in [1.29, 1.82) is 0 Å². The van der Waals surface area contributed by atoms with E-state index in [0.717, 1.165) is 38.8 Å². The van der Waals surface area contributed by atoms with Crippen molar-refractivity contribution in [3.8, 4) is 0 Å². The third-order valence-corrected chi connectivity index (χ3v) is 4.57. The van der Waals surface area contributed by atoms with Crippen LogP contribution < -0.4 is 5.32 Å². The van der Waals surface area contributed by atoms with Crippen LogP contribution in [-0.2, 0) is 4.79 Å². The first-order valence-corrected chi connectivity index (χ1v) is 7.81. The Morgan fingerprint density at radius 1 is 1.15 bits per heavy atom. The second-order valence-corrected chi connectivity index (χ2v) is 6.45. The summed E-state index contributed by atoms with van der Waals surface area (Å²) in [6.45, 7) is 8.95. The number of hydrogen-bond acceptors (Lipinski definition) is 2. The Balaban J connectivity index is 1.85. The van der Waals surface area contributed by atoms with Crippen LogP contribution in [0.5, 0.6) is 0 Å². The maximum Gasteiger partial charge on any atom is 0.317 e. The molecule has 2 fully saturated rings. The molecule has 0 radical (unpaired) electrons. The van der Waals surface area contributed by atoms with E-state index in [2.05, 4.69) is 12.2 Å². The first-order chi connectivity index (χ1) is 9.46. The third kappa shape index (κ3) is 3.44. The SMILES string of the molecule is CCC(C)NC(=O)N1CCCN(C(=O)C2(C)CC2)CC1. The minimum absolute atomic E-state index is 0.00582. The van der Waals surface area contributed by atoms with Crippen LogP contribution in [0.1, 0.15) is 46.5 Å². The Hall–Kier alpha value is -1.26. The molecule has 114 valence electrons. The molecule has 1 saturated carbocycles. The predicted molar refractivity (Wildman–Crippen MR) is 78.4 cm³/mol. The van der Waals surface area contributed by atoms with Gasteiger partial charge in [-0.15, -0.1) is 0 Å². The monoisotopic (exact) mass is 281 g/mol. The van der Waals surface area contributed by atoms with Crippen LogP contribution in [0.15, 0.2) is 0 Å². The molecule has 1 aliphatic carbocycles. The van der Waals surface area contributed by atoms with Gasteiger partial charge in [-0.05, 0) is 32.6 Å². The molecule has 0 spiro atoms. The summed E-state index contributed by atoms with van der Waals surface area (Å²) in [6.07, 6.45) is 3.83. The van der Waals surface area contributed by atoms with Gasteiger partial charge in [0.2, 0.25) is 5.91 Å². The van der Waals surface area contributed by atoms with Gasteiger partial charge >= 0.3 is 6.03 Å². The van der Waals surface area contributed by atoms with Crippen molar-refractivity contribution in [2.45, 2.75) is 52.5 Å². The van der Waals surface area contributed by atoms with Crippen LogP contribution in [0.3, 0.4) is 0 Å². The molecule has 0 aromatic rings. The number of nitrogens with one attached hydrogen (secondary N) is 1. The van der Waals surface area contributed by atoms with E-state index in [1.165, 1.54) is 0 Å². The molecule has 20 heavy (non-hydrogen) atoms.